The molecule has 0 saturated carbocycles. The number of aliphatic hydroxyl groups is 1. The Labute approximate surface area is 131 Å². The topological polar surface area (TPSA) is 57.3 Å². The number of hydrogen-bond donors (Lipinski definition) is 3. The molecule has 0 aliphatic heterocycles. The van der Waals surface area contributed by atoms with E-state index in [0.717, 1.165) is 24.1 Å². The Kier molecular flexibility index (Phi) is 4.69. The van der Waals surface area contributed by atoms with Crippen LogP contribution in [-0.2, 0) is 12.8 Å². The lowest BCUT2D eigenvalue weighted by molar-refractivity contribution is 0.105. The van der Waals surface area contributed by atoms with Gasteiger partial charge in [0.2, 0.25) is 0 Å². The molecule has 1 aromatic heterocycles. The zero-order valence-corrected chi connectivity index (χ0v) is 13.5. The average Bonchev–Trinajstić information content (AvgIpc) is 2.90. The molecular formula is C18H26N2O2. The highest BCUT2D eigenvalue weighted by Crippen LogP contribution is 2.35. The molecule has 1 unspecified atom stereocenters. The fraction of sp³-hybridized carbons (Fsp3) is 0.556. The number of rotatable bonds is 6. The van der Waals surface area contributed by atoms with Gasteiger partial charge in [0.25, 0.3) is 0 Å². The van der Waals surface area contributed by atoms with E-state index in [4.69, 9.17) is 4.74 Å². The first-order valence-corrected chi connectivity index (χ1v) is 8.32. The average molecular weight is 302 g/mol. The number of ether oxygens (including phenoxy) is 1. The molecule has 0 radical (unpaired) electrons. The molecule has 22 heavy (non-hydrogen) atoms. The highest BCUT2D eigenvalue weighted by Gasteiger charge is 2.18. The summed E-state index contributed by atoms with van der Waals surface area (Å²) in [6, 6.07) is 6.50. The van der Waals surface area contributed by atoms with Crippen LogP contribution in [0, 0.1) is 0 Å². The molecule has 0 amide bonds. The van der Waals surface area contributed by atoms with E-state index in [2.05, 4.69) is 30.2 Å². The maximum absolute atomic E-state index is 10.0. The SMILES string of the molecule is CC(C)NCC(O)COc1cccc2[nH]c3c(c12)CCCC3. The Morgan fingerprint density at radius 3 is 2.91 bits per heavy atom. The molecule has 1 heterocycles. The van der Waals surface area contributed by atoms with Crippen molar-refractivity contribution in [1.82, 2.24) is 10.3 Å². The van der Waals surface area contributed by atoms with E-state index in [9.17, 15) is 5.11 Å². The zero-order valence-electron chi connectivity index (χ0n) is 13.5. The second kappa shape index (κ2) is 6.71. The van der Waals surface area contributed by atoms with Gasteiger partial charge in [0, 0.05) is 29.2 Å². The Hall–Kier alpha value is -1.52. The number of aryl methyl sites for hydroxylation is 2. The van der Waals surface area contributed by atoms with Crippen molar-refractivity contribution in [2.24, 2.45) is 0 Å². The van der Waals surface area contributed by atoms with E-state index in [1.807, 2.05) is 12.1 Å². The Morgan fingerprint density at radius 1 is 1.27 bits per heavy atom. The maximum Gasteiger partial charge on any atom is 0.129 e. The smallest absolute Gasteiger partial charge is 0.129 e. The number of hydrogen-bond acceptors (Lipinski definition) is 3. The first-order valence-electron chi connectivity index (χ1n) is 8.32. The van der Waals surface area contributed by atoms with Gasteiger partial charge in [-0.2, -0.15) is 0 Å². The predicted octanol–water partition coefficient (Wildman–Crippen LogP) is 2.78. The van der Waals surface area contributed by atoms with Crippen LogP contribution >= 0.6 is 0 Å². The van der Waals surface area contributed by atoms with Crippen LogP contribution in [0.1, 0.15) is 37.9 Å². The van der Waals surface area contributed by atoms with Gasteiger partial charge in [-0.05, 0) is 43.4 Å². The first kappa shape index (κ1) is 15.4. The van der Waals surface area contributed by atoms with Gasteiger partial charge in [-0.25, -0.2) is 0 Å². The number of fused-ring (bicyclic) bond motifs is 3. The van der Waals surface area contributed by atoms with Crippen molar-refractivity contribution in [3.05, 3.63) is 29.5 Å². The quantitative estimate of drug-likeness (QED) is 0.769. The summed E-state index contributed by atoms with van der Waals surface area (Å²) >= 11 is 0. The summed E-state index contributed by atoms with van der Waals surface area (Å²) in [5.41, 5.74) is 3.92. The summed E-state index contributed by atoms with van der Waals surface area (Å²) in [4.78, 5) is 3.53. The number of H-pyrrole nitrogens is 1. The van der Waals surface area contributed by atoms with Gasteiger partial charge >= 0.3 is 0 Å². The molecule has 3 rings (SSSR count). The maximum atomic E-state index is 10.0. The van der Waals surface area contributed by atoms with Crippen molar-refractivity contribution >= 4 is 10.9 Å². The van der Waals surface area contributed by atoms with Crippen molar-refractivity contribution in [2.75, 3.05) is 13.2 Å². The van der Waals surface area contributed by atoms with Crippen molar-refractivity contribution in [3.8, 4) is 5.75 Å². The minimum absolute atomic E-state index is 0.318. The monoisotopic (exact) mass is 302 g/mol. The lowest BCUT2D eigenvalue weighted by Gasteiger charge is -2.16. The molecule has 0 fully saturated rings. The number of aliphatic hydroxyl groups excluding tert-OH is 1. The summed E-state index contributed by atoms with van der Waals surface area (Å²) in [6.45, 7) is 5.01. The first-order chi connectivity index (χ1) is 10.6. The van der Waals surface area contributed by atoms with Crippen LogP contribution in [0.2, 0.25) is 0 Å². The van der Waals surface area contributed by atoms with Crippen LogP contribution in [0.15, 0.2) is 18.2 Å². The normalized spacial score (nSPS) is 16.0. The molecule has 0 spiro atoms. The largest absolute Gasteiger partial charge is 0.490 e. The van der Waals surface area contributed by atoms with Crippen molar-refractivity contribution < 1.29 is 9.84 Å². The number of aromatic amines is 1. The molecule has 4 nitrogen and oxygen atoms in total. The summed E-state index contributed by atoms with van der Waals surface area (Å²) in [5, 5.41) is 14.5. The number of aromatic nitrogens is 1. The van der Waals surface area contributed by atoms with Gasteiger partial charge < -0.3 is 20.1 Å². The van der Waals surface area contributed by atoms with Crippen molar-refractivity contribution in [3.63, 3.8) is 0 Å². The lowest BCUT2D eigenvalue weighted by Crippen LogP contribution is -2.35. The summed E-state index contributed by atoms with van der Waals surface area (Å²) in [5.74, 6) is 0.889. The third-order valence-corrected chi connectivity index (χ3v) is 4.27. The fourth-order valence-corrected chi connectivity index (χ4v) is 3.17. The van der Waals surface area contributed by atoms with E-state index >= 15 is 0 Å². The summed E-state index contributed by atoms with van der Waals surface area (Å²) in [7, 11) is 0. The van der Waals surface area contributed by atoms with Gasteiger partial charge in [0.05, 0.1) is 0 Å². The molecule has 0 saturated heterocycles. The van der Waals surface area contributed by atoms with Crippen LogP contribution < -0.4 is 10.1 Å². The fourth-order valence-electron chi connectivity index (χ4n) is 3.17. The molecule has 1 aliphatic rings. The van der Waals surface area contributed by atoms with Crippen LogP contribution in [0.4, 0.5) is 0 Å². The number of nitrogens with one attached hydrogen (secondary N) is 2. The van der Waals surface area contributed by atoms with Crippen LogP contribution in [0.25, 0.3) is 10.9 Å². The van der Waals surface area contributed by atoms with E-state index < -0.39 is 6.10 Å². The van der Waals surface area contributed by atoms with E-state index in [1.54, 1.807) is 0 Å². The Bertz CT molecular complexity index is 633. The highest BCUT2D eigenvalue weighted by atomic mass is 16.5. The molecule has 3 N–H and O–H groups in total. The van der Waals surface area contributed by atoms with Crippen LogP contribution in [-0.4, -0.2) is 35.4 Å². The second-order valence-corrected chi connectivity index (χ2v) is 6.50. The van der Waals surface area contributed by atoms with Gasteiger partial charge in [-0.1, -0.05) is 19.9 Å². The molecule has 2 aromatic rings. The van der Waals surface area contributed by atoms with Gasteiger partial charge in [0.15, 0.2) is 0 Å². The predicted molar refractivity (Wildman–Crippen MR) is 89.6 cm³/mol. The van der Waals surface area contributed by atoms with Gasteiger partial charge in [-0.3, -0.25) is 0 Å². The second-order valence-electron chi connectivity index (χ2n) is 6.50. The molecule has 0 bridgehead atoms. The summed E-state index contributed by atoms with van der Waals surface area (Å²) in [6.07, 6.45) is 4.26. The lowest BCUT2D eigenvalue weighted by atomic mass is 9.95. The Balaban J connectivity index is 1.75. The molecular weight excluding hydrogens is 276 g/mol. The van der Waals surface area contributed by atoms with Crippen LogP contribution in [0.3, 0.4) is 0 Å². The van der Waals surface area contributed by atoms with Crippen molar-refractivity contribution in [2.45, 2.75) is 51.7 Å². The van der Waals surface area contributed by atoms with Gasteiger partial charge in [0.1, 0.15) is 18.5 Å². The molecule has 1 atom stereocenters. The van der Waals surface area contributed by atoms with E-state index in [0.29, 0.717) is 19.2 Å². The third kappa shape index (κ3) is 3.28. The summed E-state index contributed by atoms with van der Waals surface area (Å²) < 4.78 is 5.93. The van der Waals surface area contributed by atoms with Crippen LogP contribution in [0.5, 0.6) is 5.75 Å². The third-order valence-electron chi connectivity index (χ3n) is 4.27. The minimum atomic E-state index is -0.493. The molecule has 4 heteroatoms. The standard InChI is InChI=1S/C18H26N2O2/c1-12(2)19-10-13(21)11-22-17-9-5-8-16-18(17)14-6-3-4-7-15(14)20-16/h5,8-9,12-13,19-21H,3-4,6-7,10-11H2,1-2H3. The molecule has 120 valence electrons. The van der Waals surface area contributed by atoms with Gasteiger partial charge in [-0.15, -0.1) is 0 Å². The van der Waals surface area contributed by atoms with E-state index in [-0.39, 0.29) is 0 Å². The zero-order chi connectivity index (χ0) is 15.5. The van der Waals surface area contributed by atoms with E-state index in [1.165, 1.54) is 29.5 Å². The van der Waals surface area contributed by atoms with Crippen molar-refractivity contribution in [1.29, 1.82) is 0 Å². The minimum Gasteiger partial charge on any atom is -0.490 e. The number of benzene rings is 1. The highest BCUT2D eigenvalue weighted by molar-refractivity contribution is 5.90. The molecule has 1 aliphatic carbocycles. The Morgan fingerprint density at radius 2 is 2.09 bits per heavy atom. The molecule has 1 aromatic carbocycles.